The van der Waals surface area contributed by atoms with Crippen molar-refractivity contribution >= 4 is 5.91 Å². The van der Waals surface area contributed by atoms with Crippen LogP contribution in [-0.2, 0) is 4.79 Å². The van der Waals surface area contributed by atoms with Gasteiger partial charge in [-0.3, -0.25) is 9.69 Å². The average molecular weight is 199 g/mol. The second kappa shape index (κ2) is 4.75. The minimum Gasteiger partial charge on any atom is -0.340 e. The zero-order chi connectivity index (χ0) is 10.7. The minimum atomic E-state index is -0.109. The summed E-state index contributed by atoms with van der Waals surface area (Å²) in [6, 6.07) is -0.109. The molecule has 0 aromatic heterocycles. The highest BCUT2D eigenvalue weighted by Crippen LogP contribution is 2.10. The predicted octanol–water partition coefficient (Wildman–Crippen LogP) is -0.256. The number of piperazine rings is 1. The first kappa shape index (κ1) is 11.5. The van der Waals surface area contributed by atoms with Crippen molar-refractivity contribution in [2.24, 2.45) is 11.7 Å². The number of nitrogens with zero attached hydrogens (tertiary/aromatic N) is 2. The molecule has 1 saturated heterocycles. The van der Waals surface area contributed by atoms with E-state index in [0.717, 1.165) is 19.6 Å². The molecule has 1 aliphatic heterocycles. The first-order valence-corrected chi connectivity index (χ1v) is 5.25. The molecule has 1 amide bonds. The molecule has 1 heterocycles. The lowest BCUT2D eigenvalue weighted by atomic mass is 10.1. The van der Waals surface area contributed by atoms with Gasteiger partial charge >= 0.3 is 0 Å². The monoisotopic (exact) mass is 199 g/mol. The van der Waals surface area contributed by atoms with Crippen molar-refractivity contribution in [3.63, 3.8) is 0 Å². The van der Waals surface area contributed by atoms with Crippen molar-refractivity contribution in [2.45, 2.75) is 19.9 Å². The molecule has 4 heteroatoms. The van der Waals surface area contributed by atoms with E-state index in [4.69, 9.17) is 5.73 Å². The molecule has 0 aliphatic carbocycles. The zero-order valence-corrected chi connectivity index (χ0v) is 9.36. The topological polar surface area (TPSA) is 49.6 Å². The second-order valence-electron chi connectivity index (χ2n) is 4.41. The van der Waals surface area contributed by atoms with Crippen LogP contribution in [0.1, 0.15) is 13.8 Å². The van der Waals surface area contributed by atoms with Crippen LogP contribution in [0.25, 0.3) is 0 Å². The standard InChI is InChI=1S/C10H21N3O/c1-8(2)7-13-5-4-12(3)9(6-11)10(13)14/h8-9H,4-7,11H2,1-3H3. The minimum absolute atomic E-state index is 0.109. The lowest BCUT2D eigenvalue weighted by molar-refractivity contribution is -0.141. The summed E-state index contributed by atoms with van der Waals surface area (Å²) in [7, 11) is 1.96. The Morgan fingerprint density at radius 1 is 1.50 bits per heavy atom. The number of carbonyl (C=O) groups excluding carboxylic acids is 1. The zero-order valence-electron chi connectivity index (χ0n) is 9.36. The molecular weight excluding hydrogens is 178 g/mol. The highest BCUT2D eigenvalue weighted by Gasteiger charge is 2.31. The fourth-order valence-electron chi connectivity index (χ4n) is 1.85. The Labute approximate surface area is 86.0 Å². The summed E-state index contributed by atoms with van der Waals surface area (Å²) in [6.07, 6.45) is 0. The van der Waals surface area contributed by atoms with Gasteiger partial charge < -0.3 is 10.6 Å². The Morgan fingerprint density at radius 2 is 2.14 bits per heavy atom. The van der Waals surface area contributed by atoms with Crippen LogP contribution in [0.3, 0.4) is 0 Å². The van der Waals surface area contributed by atoms with Gasteiger partial charge in [0.15, 0.2) is 0 Å². The Morgan fingerprint density at radius 3 is 2.64 bits per heavy atom. The third kappa shape index (κ3) is 2.45. The van der Waals surface area contributed by atoms with Crippen molar-refractivity contribution in [3.05, 3.63) is 0 Å². The van der Waals surface area contributed by atoms with Crippen LogP contribution in [0.5, 0.6) is 0 Å². The van der Waals surface area contributed by atoms with E-state index in [0.29, 0.717) is 12.5 Å². The quantitative estimate of drug-likeness (QED) is 0.681. The van der Waals surface area contributed by atoms with Gasteiger partial charge in [0.25, 0.3) is 0 Å². The van der Waals surface area contributed by atoms with Crippen molar-refractivity contribution in [1.29, 1.82) is 0 Å². The van der Waals surface area contributed by atoms with Gasteiger partial charge in [-0.2, -0.15) is 0 Å². The van der Waals surface area contributed by atoms with Gasteiger partial charge in [-0.05, 0) is 13.0 Å². The molecule has 1 fully saturated rings. The van der Waals surface area contributed by atoms with Crippen LogP contribution < -0.4 is 5.73 Å². The fourth-order valence-corrected chi connectivity index (χ4v) is 1.85. The molecule has 0 radical (unpaired) electrons. The summed E-state index contributed by atoms with van der Waals surface area (Å²) >= 11 is 0. The van der Waals surface area contributed by atoms with Gasteiger partial charge in [0.2, 0.25) is 5.91 Å². The van der Waals surface area contributed by atoms with Gasteiger partial charge in [-0.15, -0.1) is 0 Å². The van der Waals surface area contributed by atoms with Crippen LogP contribution in [0.2, 0.25) is 0 Å². The molecule has 0 aromatic rings. The molecular formula is C10H21N3O. The van der Waals surface area contributed by atoms with E-state index in [1.165, 1.54) is 0 Å². The van der Waals surface area contributed by atoms with Crippen LogP contribution in [0.4, 0.5) is 0 Å². The van der Waals surface area contributed by atoms with E-state index in [9.17, 15) is 4.79 Å². The summed E-state index contributed by atoms with van der Waals surface area (Å²) in [5, 5.41) is 0. The molecule has 0 aromatic carbocycles. The maximum absolute atomic E-state index is 11.9. The molecule has 82 valence electrons. The molecule has 0 saturated carbocycles. The lowest BCUT2D eigenvalue weighted by Gasteiger charge is -2.38. The molecule has 14 heavy (non-hydrogen) atoms. The smallest absolute Gasteiger partial charge is 0.241 e. The van der Waals surface area contributed by atoms with Crippen molar-refractivity contribution in [1.82, 2.24) is 9.80 Å². The number of hydrogen-bond acceptors (Lipinski definition) is 3. The Kier molecular flexibility index (Phi) is 3.89. The molecule has 1 aliphatic rings. The second-order valence-corrected chi connectivity index (χ2v) is 4.41. The average Bonchev–Trinajstić information content (AvgIpc) is 2.10. The Balaban J connectivity index is 2.59. The van der Waals surface area contributed by atoms with Gasteiger partial charge in [-0.1, -0.05) is 13.8 Å². The maximum Gasteiger partial charge on any atom is 0.241 e. The van der Waals surface area contributed by atoms with E-state index in [1.807, 2.05) is 16.8 Å². The Bertz CT molecular complexity index is 206. The predicted molar refractivity (Wildman–Crippen MR) is 56.9 cm³/mol. The Hall–Kier alpha value is -0.610. The van der Waals surface area contributed by atoms with Gasteiger partial charge in [0, 0.05) is 26.2 Å². The van der Waals surface area contributed by atoms with Crippen molar-refractivity contribution in [2.75, 3.05) is 33.2 Å². The summed E-state index contributed by atoms with van der Waals surface area (Å²) in [5.74, 6) is 0.718. The number of amides is 1. The summed E-state index contributed by atoms with van der Waals surface area (Å²) in [6.45, 7) is 7.30. The fraction of sp³-hybridized carbons (Fsp3) is 0.900. The maximum atomic E-state index is 11.9. The third-order valence-electron chi connectivity index (χ3n) is 2.66. The number of carbonyl (C=O) groups is 1. The highest BCUT2D eigenvalue weighted by atomic mass is 16.2. The van der Waals surface area contributed by atoms with Gasteiger partial charge in [0.05, 0.1) is 0 Å². The molecule has 0 bridgehead atoms. The van der Waals surface area contributed by atoms with Crippen molar-refractivity contribution < 1.29 is 4.79 Å². The molecule has 1 rings (SSSR count). The number of hydrogen-bond donors (Lipinski definition) is 1. The normalized spacial score (nSPS) is 24.8. The summed E-state index contributed by atoms with van der Waals surface area (Å²) in [4.78, 5) is 15.9. The lowest BCUT2D eigenvalue weighted by Crippen LogP contribution is -2.58. The van der Waals surface area contributed by atoms with Crippen LogP contribution in [0, 0.1) is 5.92 Å². The molecule has 1 unspecified atom stereocenters. The summed E-state index contributed by atoms with van der Waals surface area (Å²) in [5.41, 5.74) is 5.59. The summed E-state index contributed by atoms with van der Waals surface area (Å²) < 4.78 is 0. The molecule has 1 atom stereocenters. The largest absolute Gasteiger partial charge is 0.340 e. The SMILES string of the molecule is CC(C)CN1CCN(C)C(CN)C1=O. The highest BCUT2D eigenvalue weighted by molar-refractivity contribution is 5.82. The van der Waals surface area contributed by atoms with Crippen LogP contribution in [-0.4, -0.2) is 55.0 Å². The van der Waals surface area contributed by atoms with E-state index < -0.39 is 0 Å². The third-order valence-corrected chi connectivity index (χ3v) is 2.66. The van der Waals surface area contributed by atoms with Crippen LogP contribution in [0.15, 0.2) is 0 Å². The first-order chi connectivity index (χ1) is 6.56. The molecule has 2 N–H and O–H groups in total. The van der Waals surface area contributed by atoms with E-state index in [2.05, 4.69) is 13.8 Å². The molecule has 4 nitrogen and oxygen atoms in total. The van der Waals surface area contributed by atoms with Gasteiger partial charge in [0.1, 0.15) is 6.04 Å². The number of nitrogens with two attached hydrogens (primary N) is 1. The van der Waals surface area contributed by atoms with E-state index >= 15 is 0 Å². The van der Waals surface area contributed by atoms with Crippen molar-refractivity contribution in [3.8, 4) is 0 Å². The van der Waals surface area contributed by atoms with E-state index in [1.54, 1.807) is 0 Å². The number of likely N-dealkylation sites (N-methyl/N-ethyl adjacent to an activating group) is 1. The van der Waals surface area contributed by atoms with Crippen LogP contribution >= 0.6 is 0 Å². The molecule has 0 spiro atoms. The van der Waals surface area contributed by atoms with E-state index in [-0.39, 0.29) is 11.9 Å². The first-order valence-electron chi connectivity index (χ1n) is 5.25. The van der Waals surface area contributed by atoms with Gasteiger partial charge in [-0.25, -0.2) is 0 Å². The number of rotatable bonds is 3.